The second-order valence-electron chi connectivity index (χ2n) is 6.99. The Hall–Kier alpha value is -1.97. The number of thioether (sulfide) groups is 1. The fraction of sp³-hybridized carbons (Fsp3) is 0.450. The van der Waals surface area contributed by atoms with Crippen molar-refractivity contribution in [2.45, 2.75) is 52.1 Å². The highest BCUT2D eigenvalue weighted by Crippen LogP contribution is 2.36. The van der Waals surface area contributed by atoms with Crippen LogP contribution in [0.1, 0.15) is 45.6 Å². The number of nitriles is 1. The SMILES string of the molecule is CC(C)N(C(=O)CSC1=C(C#N)[C@@H](c2ccc(Cl)cc2)CC(=O)N1)C(C)C. The minimum atomic E-state index is -0.329. The van der Waals surface area contributed by atoms with Crippen molar-refractivity contribution in [1.82, 2.24) is 10.2 Å². The molecule has 1 aromatic rings. The smallest absolute Gasteiger partial charge is 0.233 e. The number of carbonyl (C=O) groups excluding carboxylic acids is 2. The minimum absolute atomic E-state index is 0.0161. The third-order valence-electron chi connectivity index (χ3n) is 4.37. The van der Waals surface area contributed by atoms with Gasteiger partial charge in [0.25, 0.3) is 0 Å². The fourth-order valence-electron chi connectivity index (χ4n) is 3.29. The van der Waals surface area contributed by atoms with E-state index in [1.165, 1.54) is 11.8 Å². The van der Waals surface area contributed by atoms with Gasteiger partial charge in [0.1, 0.15) is 0 Å². The number of carbonyl (C=O) groups is 2. The van der Waals surface area contributed by atoms with Crippen LogP contribution >= 0.6 is 23.4 Å². The van der Waals surface area contributed by atoms with E-state index < -0.39 is 0 Å². The van der Waals surface area contributed by atoms with Crippen LogP contribution < -0.4 is 5.32 Å². The van der Waals surface area contributed by atoms with Gasteiger partial charge in [0.05, 0.1) is 22.4 Å². The van der Waals surface area contributed by atoms with Crippen LogP contribution in [-0.4, -0.2) is 34.6 Å². The van der Waals surface area contributed by atoms with Crippen molar-refractivity contribution in [3.05, 3.63) is 45.5 Å². The fourth-order valence-corrected chi connectivity index (χ4v) is 4.37. The molecule has 1 aliphatic heterocycles. The van der Waals surface area contributed by atoms with E-state index in [0.29, 0.717) is 15.6 Å². The molecule has 0 saturated heterocycles. The highest BCUT2D eigenvalue weighted by atomic mass is 35.5. The monoisotopic (exact) mass is 405 g/mol. The largest absolute Gasteiger partial charge is 0.337 e. The molecule has 0 fully saturated rings. The lowest BCUT2D eigenvalue weighted by atomic mass is 9.87. The number of benzene rings is 1. The number of hydrogen-bond donors (Lipinski definition) is 1. The van der Waals surface area contributed by atoms with Gasteiger partial charge >= 0.3 is 0 Å². The molecule has 0 spiro atoms. The van der Waals surface area contributed by atoms with Crippen LogP contribution in [-0.2, 0) is 9.59 Å². The Morgan fingerprint density at radius 2 is 1.89 bits per heavy atom. The third kappa shape index (κ3) is 5.27. The number of amides is 2. The molecule has 0 aliphatic carbocycles. The molecule has 0 saturated carbocycles. The Morgan fingerprint density at radius 1 is 1.30 bits per heavy atom. The normalized spacial score (nSPS) is 17.1. The van der Waals surface area contributed by atoms with Crippen LogP contribution in [0.2, 0.25) is 5.02 Å². The first-order chi connectivity index (χ1) is 12.7. The van der Waals surface area contributed by atoms with E-state index in [4.69, 9.17) is 11.6 Å². The first kappa shape index (κ1) is 21.3. The molecule has 7 heteroatoms. The van der Waals surface area contributed by atoms with E-state index >= 15 is 0 Å². The summed E-state index contributed by atoms with van der Waals surface area (Å²) in [6.45, 7) is 7.89. The summed E-state index contributed by atoms with van der Waals surface area (Å²) in [5, 5.41) is 13.5. The molecule has 1 heterocycles. The molecule has 2 rings (SSSR count). The van der Waals surface area contributed by atoms with Gasteiger partial charge in [-0.25, -0.2) is 0 Å². The average Bonchev–Trinajstić information content (AvgIpc) is 2.59. The predicted molar refractivity (Wildman–Crippen MR) is 109 cm³/mol. The van der Waals surface area contributed by atoms with Gasteiger partial charge in [-0.1, -0.05) is 35.5 Å². The van der Waals surface area contributed by atoms with Crippen LogP contribution in [0.15, 0.2) is 34.9 Å². The molecular weight excluding hydrogens is 382 g/mol. The first-order valence-electron chi connectivity index (χ1n) is 8.88. The van der Waals surface area contributed by atoms with E-state index in [2.05, 4.69) is 11.4 Å². The molecule has 27 heavy (non-hydrogen) atoms. The number of halogens is 1. The maximum atomic E-state index is 12.6. The van der Waals surface area contributed by atoms with Crippen molar-refractivity contribution >= 4 is 35.2 Å². The molecule has 1 aromatic carbocycles. The molecule has 2 amide bonds. The molecule has 0 unspecified atom stereocenters. The van der Waals surface area contributed by atoms with E-state index in [0.717, 1.165) is 5.56 Å². The molecule has 1 aliphatic rings. The van der Waals surface area contributed by atoms with Crippen LogP contribution in [0.25, 0.3) is 0 Å². The quantitative estimate of drug-likeness (QED) is 0.774. The Morgan fingerprint density at radius 3 is 2.41 bits per heavy atom. The zero-order valence-corrected chi connectivity index (χ0v) is 17.5. The van der Waals surface area contributed by atoms with Crippen molar-refractivity contribution in [3.8, 4) is 6.07 Å². The van der Waals surface area contributed by atoms with Crippen molar-refractivity contribution < 1.29 is 9.59 Å². The van der Waals surface area contributed by atoms with Gasteiger partial charge in [-0.15, -0.1) is 0 Å². The highest BCUT2D eigenvalue weighted by molar-refractivity contribution is 8.03. The summed E-state index contributed by atoms with van der Waals surface area (Å²) < 4.78 is 0. The van der Waals surface area contributed by atoms with Gasteiger partial charge in [-0.2, -0.15) is 5.26 Å². The van der Waals surface area contributed by atoms with E-state index in [1.807, 2.05) is 39.8 Å². The minimum Gasteiger partial charge on any atom is -0.337 e. The molecule has 144 valence electrons. The molecule has 0 aromatic heterocycles. The third-order valence-corrected chi connectivity index (χ3v) is 5.62. The topological polar surface area (TPSA) is 73.2 Å². The van der Waals surface area contributed by atoms with Gasteiger partial charge in [-0.3, -0.25) is 9.59 Å². The number of allylic oxidation sites excluding steroid dienone is 1. The standard InChI is InChI=1S/C20H24ClN3O2S/c1-12(2)24(13(3)4)19(26)11-27-20-17(10-22)16(9-18(25)23-20)14-5-7-15(21)8-6-14/h5-8,12-13,16H,9,11H2,1-4H3,(H,23,25)/t16-/m1/s1. The summed E-state index contributed by atoms with van der Waals surface area (Å²) in [6, 6.07) is 9.55. The van der Waals surface area contributed by atoms with Crippen LogP contribution in [0.3, 0.4) is 0 Å². The van der Waals surface area contributed by atoms with Gasteiger partial charge < -0.3 is 10.2 Å². The zero-order chi connectivity index (χ0) is 20.1. The average molecular weight is 406 g/mol. The number of rotatable bonds is 6. The maximum absolute atomic E-state index is 12.6. The summed E-state index contributed by atoms with van der Waals surface area (Å²) in [7, 11) is 0. The Kier molecular flexibility index (Phi) is 7.34. The van der Waals surface area contributed by atoms with E-state index in [1.54, 1.807) is 17.0 Å². The van der Waals surface area contributed by atoms with Crippen molar-refractivity contribution in [1.29, 1.82) is 5.26 Å². The second kappa shape index (κ2) is 9.29. The first-order valence-corrected chi connectivity index (χ1v) is 10.2. The lowest BCUT2D eigenvalue weighted by molar-refractivity contribution is -0.131. The Labute approximate surface area is 169 Å². The summed E-state index contributed by atoms with van der Waals surface area (Å²) in [4.78, 5) is 26.6. The lowest BCUT2D eigenvalue weighted by Gasteiger charge is -2.31. The molecule has 1 atom stereocenters. The summed E-state index contributed by atoms with van der Waals surface area (Å²) >= 11 is 7.16. The summed E-state index contributed by atoms with van der Waals surface area (Å²) in [5.41, 5.74) is 1.34. The van der Waals surface area contributed by atoms with E-state index in [-0.39, 0.29) is 42.0 Å². The summed E-state index contributed by atoms with van der Waals surface area (Å²) in [5.74, 6) is -0.333. The summed E-state index contributed by atoms with van der Waals surface area (Å²) in [6.07, 6.45) is 0.201. The number of nitrogens with zero attached hydrogens (tertiary/aromatic N) is 2. The number of nitrogens with one attached hydrogen (secondary N) is 1. The maximum Gasteiger partial charge on any atom is 0.233 e. The lowest BCUT2D eigenvalue weighted by Crippen LogP contribution is -2.43. The van der Waals surface area contributed by atoms with Crippen molar-refractivity contribution in [2.75, 3.05) is 5.75 Å². The van der Waals surface area contributed by atoms with E-state index in [9.17, 15) is 14.9 Å². The second-order valence-corrected chi connectivity index (χ2v) is 8.41. The Balaban J connectivity index is 2.24. The van der Waals surface area contributed by atoms with Gasteiger partial charge in [0.2, 0.25) is 11.8 Å². The molecule has 0 radical (unpaired) electrons. The number of hydrogen-bond acceptors (Lipinski definition) is 4. The van der Waals surface area contributed by atoms with Gasteiger partial charge in [-0.05, 0) is 45.4 Å². The Bertz CT molecular complexity index is 773. The zero-order valence-electron chi connectivity index (χ0n) is 16.0. The van der Waals surface area contributed by atoms with Gasteiger partial charge in [0.15, 0.2) is 0 Å². The van der Waals surface area contributed by atoms with Gasteiger partial charge in [0, 0.05) is 29.4 Å². The van der Waals surface area contributed by atoms with Crippen LogP contribution in [0.5, 0.6) is 0 Å². The molecular formula is C20H24ClN3O2S. The molecule has 1 N–H and O–H groups in total. The van der Waals surface area contributed by atoms with Crippen LogP contribution in [0.4, 0.5) is 0 Å². The molecule has 0 bridgehead atoms. The van der Waals surface area contributed by atoms with Crippen LogP contribution in [0, 0.1) is 11.3 Å². The highest BCUT2D eigenvalue weighted by Gasteiger charge is 2.30. The van der Waals surface area contributed by atoms with Crippen molar-refractivity contribution in [2.24, 2.45) is 0 Å². The molecule has 5 nitrogen and oxygen atoms in total. The predicted octanol–water partition coefficient (Wildman–Crippen LogP) is 4.06. The van der Waals surface area contributed by atoms with Crippen molar-refractivity contribution in [3.63, 3.8) is 0 Å².